The molecule has 0 aliphatic rings. The Labute approximate surface area is 258 Å². The van der Waals surface area contributed by atoms with E-state index in [2.05, 4.69) is 41.7 Å². The van der Waals surface area contributed by atoms with Gasteiger partial charge in [0.25, 0.3) is 11.8 Å². The van der Waals surface area contributed by atoms with Crippen LogP contribution in [0, 0.1) is 0 Å². The Morgan fingerprint density at radius 1 is 0.477 bits per heavy atom. The first-order valence-electron chi connectivity index (χ1n) is 14.4. The molecule has 0 heterocycles. The van der Waals surface area contributed by atoms with Crippen LogP contribution in [-0.2, 0) is 0 Å². The predicted octanol–water partition coefficient (Wildman–Crippen LogP) is 4.34. The highest BCUT2D eigenvalue weighted by Crippen LogP contribution is 2.17. The highest BCUT2D eigenvalue weighted by Gasteiger charge is 2.11. The van der Waals surface area contributed by atoms with Crippen molar-refractivity contribution in [1.82, 2.24) is 20.4 Å². The van der Waals surface area contributed by atoms with Gasteiger partial charge in [0.15, 0.2) is 0 Å². The summed E-state index contributed by atoms with van der Waals surface area (Å²) in [5.74, 6) is -0.665. The van der Waals surface area contributed by atoms with Crippen molar-refractivity contribution in [2.45, 2.75) is 12.8 Å². The Hall–Kier alpha value is -4.94. The van der Waals surface area contributed by atoms with E-state index in [0.29, 0.717) is 47.0 Å². The van der Waals surface area contributed by atoms with Gasteiger partial charge >= 0.3 is 12.1 Å². The first-order chi connectivity index (χ1) is 21.1. The average molecular weight is 603 g/mol. The number of rotatable bonds is 14. The van der Waals surface area contributed by atoms with Crippen LogP contribution in [0.3, 0.4) is 0 Å². The maximum absolute atomic E-state index is 12.7. The number of hydrogen-bond donors (Lipinski definition) is 6. The molecule has 12 nitrogen and oxygen atoms in total. The van der Waals surface area contributed by atoms with Gasteiger partial charge in [-0.25, -0.2) is 9.59 Å². The summed E-state index contributed by atoms with van der Waals surface area (Å²) in [6.45, 7) is 2.92. The smallest absolute Gasteiger partial charge is 0.319 e. The molecule has 0 aliphatic heterocycles. The molecule has 44 heavy (non-hydrogen) atoms. The van der Waals surface area contributed by atoms with Crippen molar-refractivity contribution in [2.75, 3.05) is 75.6 Å². The molecule has 0 aromatic heterocycles. The average Bonchev–Trinajstić information content (AvgIpc) is 2.99. The van der Waals surface area contributed by atoms with Crippen molar-refractivity contribution >= 4 is 46.6 Å². The number of benzene rings is 3. The van der Waals surface area contributed by atoms with E-state index < -0.39 is 0 Å². The third-order valence-corrected chi connectivity index (χ3v) is 6.35. The number of carbonyl (C=O) groups excluding carboxylic acids is 4. The molecule has 3 aromatic rings. The van der Waals surface area contributed by atoms with Gasteiger partial charge in [0, 0.05) is 47.0 Å². The first kappa shape index (κ1) is 33.6. The molecule has 0 saturated heterocycles. The van der Waals surface area contributed by atoms with Gasteiger partial charge in [-0.3, -0.25) is 9.59 Å². The molecule has 0 radical (unpaired) electrons. The maximum atomic E-state index is 12.7. The predicted molar refractivity (Wildman–Crippen MR) is 176 cm³/mol. The lowest BCUT2D eigenvalue weighted by Gasteiger charge is -2.11. The minimum Gasteiger partial charge on any atom is -0.338 e. The second kappa shape index (κ2) is 17.2. The lowest BCUT2D eigenvalue weighted by molar-refractivity contribution is 0.101. The lowest BCUT2D eigenvalue weighted by atomic mass is 10.1. The fraction of sp³-hybridized carbons (Fsp3) is 0.312. The minimum atomic E-state index is -0.332. The molecular formula is C32H42N8O4. The summed E-state index contributed by atoms with van der Waals surface area (Å²) in [6.07, 6.45) is 1.70. The second-order valence-electron chi connectivity index (χ2n) is 10.7. The van der Waals surface area contributed by atoms with Crippen molar-refractivity contribution < 1.29 is 19.2 Å². The van der Waals surface area contributed by atoms with E-state index in [1.54, 1.807) is 72.8 Å². The summed E-state index contributed by atoms with van der Waals surface area (Å²) >= 11 is 0. The van der Waals surface area contributed by atoms with Gasteiger partial charge in [-0.15, -0.1) is 0 Å². The Morgan fingerprint density at radius 3 is 1.07 bits per heavy atom. The molecule has 0 aliphatic carbocycles. The molecular weight excluding hydrogens is 560 g/mol. The molecule has 0 unspecified atom stereocenters. The van der Waals surface area contributed by atoms with Crippen molar-refractivity contribution in [1.29, 1.82) is 0 Å². The summed E-state index contributed by atoms with van der Waals surface area (Å²) in [5.41, 5.74) is 3.10. The molecule has 12 heteroatoms. The monoisotopic (exact) mass is 602 g/mol. The van der Waals surface area contributed by atoms with E-state index in [-0.39, 0.29) is 23.9 Å². The Morgan fingerprint density at radius 2 is 0.773 bits per heavy atom. The quantitative estimate of drug-likeness (QED) is 0.151. The fourth-order valence-corrected chi connectivity index (χ4v) is 4.00. The van der Waals surface area contributed by atoms with E-state index in [1.165, 1.54) is 0 Å². The Bertz CT molecular complexity index is 1270. The number of hydrogen-bond acceptors (Lipinski definition) is 6. The Kier molecular flexibility index (Phi) is 13.2. The third kappa shape index (κ3) is 12.1. The molecule has 0 bridgehead atoms. The minimum absolute atomic E-state index is 0.287. The van der Waals surface area contributed by atoms with Crippen LogP contribution >= 0.6 is 0 Å². The number of carbonyl (C=O) groups is 4. The van der Waals surface area contributed by atoms with Crippen LogP contribution in [0.15, 0.2) is 72.8 Å². The van der Waals surface area contributed by atoms with Gasteiger partial charge in [0.1, 0.15) is 0 Å². The number of nitrogens with zero attached hydrogens (tertiary/aromatic N) is 2. The molecule has 0 atom stereocenters. The van der Waals surface area contributed by atoms with Gasteiger partial charge in [-0.05, 0) is 127 Å². The van der Waals surface area contributed by atoms with E-state index in [1.807, 2.05) is 28.2 Å². The molecule has 6 N–H and O–H groups in total. The summed E-state index contributed by atoms with van der Waals surface area (Å²) < 4.78 is 0. The van der Waals surface area contributed by atoms with Gasteiger partial charge in [-0.2, -0.15) is 0 Å². The Balaban J connectivity index is 1.43. The molecule has 234 valence electrons. The zero-order chi connectivity index (χ0) is 31.9. The van der Waals surface area contributed by atoms with E-state index in [4.69, 9.17) is 0 Å². The van der Waals surface area contributed by atoms with Gasteiger partial charge in [0.2, 0.25) is 0 Å². The summed E-state index contributed by atoms with van der Waals surface area (Å²) in [6, 6.07) is 19.3. The first-order valence-corrected chi connectivity index (χ1v) is 14.4. The summed E-state index contributed by atoms with van der Waals surface area (Å²) in [7, 11) is 7.93. The van der Waals surface area contributed by atoms with Gasteiger partial charge in [0.05, 0.1) is 0 Å². The number of amides is 6. The largest absolute Gasteiger partial charge is 0.338 e. The van der Waals surface area contributed by atoms with Crippen LogP contribution in [0.25, 0.3) is 0 Å². The summed E-state index contributed by atoms with van der Waals surface area (Å²) in [4.78, 5) is 53.6. The molecule has 0 fully saturated rings. The second-order valence-corrected chi connectivity index (χ2v) is 10.7. The fourth-order valence-electron chi connectivity index (χ4n) is 4.00. The van der Waals surface area contributed by atoms with Crippen molar-refractivity contribution in [3.63, 3.8) is 0 Å². The molecule has 0 spiro atoms. The van der Waals surface area contributed by atoms with Crippen LogP contribution in [0.2, 0.25) is 0 Å². The third-order valence-electron chi connectivity index (χ3n) is 6.35. The standard InChI is InChI=1S/C32H42N8O4/c1-39(2)21-5-19-33-31(43)37-27-15-11-25(12-16-27)35-29(41)23-7-9-24(10-8-23)30(42)36-26-13-17-28(18-14-26)38-32(44)34-20-6-22-40(3)4/h7-18H,5-6,19-22H2,1-4H3,(H,35,41)(H,36,42)(H2,33,37,43)(H2,34,38,44). The van der Waals surface area contributed by atoms with Gasteiger partial charge < -0.3 is 41.7 Å². The van der Waals surface area contributed by atoms with Crippen LogP contribution < -0.4 is 31.9 Å². The highest BCUT2D eigenvalue weighted by atomic mass is 16.2. The number of nitrogens with one attached hydrogen (secondary N) is 6. The van der Waals surface area contributed by atoms with E-state index >= 15 is 0 Å². The van der Waals surface area contributed by atoms with E-state index in [9.17, 15) is 19.2 Å². The van der Waals surface area contributed by atoms with Crippen LogP contribution in [0.1, 0.15) is 33.6 Å². The van der Waals surface area contributed by atoms with Crippen LogP contribution in [0.4, 0.5) is 32.3 Å². The zero-order valence-electron chi connectivity index (χ0n) is 25.7. The topological polar surface area (TPSA) is 147 Å². The summed E-state index contributed by atoms with van der Waals surface area (Å²) in [5, 5.41) is 16.8. The van der Waals surface area contributed by atoms with Crippen molar-refractivity contribution in [2.24, 2.45) is 0 Å². The van der Waals surface area contributed by atoms with E-state index in [0.717, 1.165) is 25.9 Å². The van der Waals surface area contributed by atoms with Crippen molar-refractivity contribution in [3.05, 3.63) is 83.9 Å². The lowest BCUT2D eigenvalue weighted by Crippen LogP contribution is -2.31. The number of anilines is 4. The van der Waals surface area contributed by atoms with Crippen LogP contribution in [-0.4, -0.2) is 88.0 Å². The van der Waals surface area contributed by atoms with Crippen molar-refractivity contribution in [3.8, 4) is 0 Å². The SMILES string of the molecule is CN(C)CCCNC(=O)Nc1ccc(NC(=O)c2ccc(C(=O)Nc3ccc(NC(=O)NCCCN(C)C)cc3)cc2)cc1. The number of urea groups is 2. The molecule has 0 saturated carbocycles. The molecule has 6 amide bonds. The van der Waals surface area contributed by atoms with Gasteiger partial charge in [-0.1, -0.05) is 0 Å². The molecule has 3 aromatic carbocycles. The van der Waals surface area contributed by atoms with Crippen LogP contribution in [0.5, 0.6) is 0 Å². The molecule has 3 rings (SSSR count). The maximum Gasteiger partial charge on any atom is 0.319 e. The highest BCUT2D eigenvalue weighted by molar-refractivity contribution is 6.07. The zero-order valence-corrected chi connectivity index (χ0v) is 25.7. The normalized spacial score (nSPS) is 10.7.